The second kappa shape index (κ2) is 7.28. The molecule has 0 bridgehead atoms. The van der Waals surface area contributed by atoms with E-state index in [9.17, 15) is 14.4 Å². The van der Waals surface area contributed by atoms with Gasteiger partial charge in [0.2, 0.25) is 5.91 Å². The van der Waals surface area contributed by atoms with Crippen molar-refractivity contribution in [1.29, 1.82) is 0 Å². The summed E-state index contributed by atoms with van der Waals surface area (Å²) in [5, 5.41) is 11.3. The lowest BCUT2D eigenvalue weighted by atomic mass is 10.1. The molecule has 0 aromatic heterocycles. The Hall–Kier alpha value is -2.37. The van der Waals surface area contributed by atoms with Crippen LogP contribution in [0.4, 0.5) is 0 Å². The number of primary amides is 1. The van der Waals surface area contributed by atoms with Gasteiger partial charge in [0.15, 0.2) is 0 Å². The highest BCUT2D eigenvalue weighted by Gasteiger charge is 2.11. The Morgan fingerprint density at radius 3 is 2.25 bits per heavy atom. The zero-order valence-corrected chi connectivity index (χ0v) is 11.3. The molecule has 1 aromatic carbocycles. The van der Waals surface area contributed by atoms with Crippen molar-refractivity contribution < 1.29 is 19.5 Å². The van der Waals surface area contributed by atoms with Gasteiger partial charge in [-0.2, -0.15) is 0 Å². The number of hydrogen-bond donors (Lipinski definition) is 3. The van der Waals surface area contributed by atoms with Gasteiger partial charge in [0.05, 0.1) is 0 Å². The van der Waals surface area contributed by atoms with Crippen molar-refractivity contribution in [1.82, 2.24) is 5.32 Å². The molecule has 1 atom stereocenters. The molecule has 1 aromatic rings. The fourth-order valence-electron chi connectivity index (χ4n) is 1.72. The summed E-state index contributed by atoms with van der Waals surface area (Å²) in [6.07, 6.45) is 1.20. The van der Waals surface area contributed by atoms with Gasteiger partial charge in [-0.3, -0.25) is 14.4 Å². The lowest BCUT2D eigenvalue weighted by Gasteiger charge is -2.13. The number of nitrogens with one attached hydrogen (secondary N) is 1. The molecule has 20 heavy (non-hydrogen) atoms. The molecule has 2 amide bonds. The smallest absolute Gasteiger partial charge is 0.303 e. The number of benzene rings is 1. The first-order chi connectivity index (χ1) is 9.40. The quantitative estimate of drug-likeness (QED) is 0.695. The number of carbonyl (C=O) groups excluding carboxylic acids is 2. The van der Waals surface area contributed by atoms with Crippen molar-refractivity contribution in [2.75, 3.05) is 0 Å². The van der Waals surface area contributed by atoms with Crippen molar-refractivity contribution in [2.45, 2.75) is 32.2 Å². The molecule has 0 fully saturated rings. The third kappa shape index (κ3) is 5.09. The molecule has 4 N–H and O–H groups in total. The van der Waals surface area contributed by atoms with Gasteiger partial charge >= 0.3 is 5.97 Å². The molecule has 0 aliphatic rings. The summed E-state index contributed by atoms with van der Waals surface area (Å²) in [5.41, 5.74) is 5.89. The monoisotopic (exact) mass is 278 g/mol. The molecule has 0 aliphatic heterocycles. The Balaban J connectivity index is 2.49. The maximum absolute atomic E-state index is 11.9. The van der Waals surface area contributed by atoms with Gasteiger partial charge in [-0.05, 0) is 44.0 Å². The van der Waals surface area contributed by atoms with E-state index in [1.54, 1.807) is 0 Å². The molecule has 6 heteroatoms. The van der Waals surface area contributed by atoms with Crippen LogP contribution in [0.2, 0.25) is 0 Å². The molecule has 0 aliphatic carbocycles. The Bertz CT molecular complexity index is 496. The predicted molar refractivity (Wildman–Crippen MR) is 73.4 cm³/mol. The van der Waals surface area contributed by atoms with Crippen molar-refractivity contribution in [3.05, 3.63) is 35.4 Å². The third-order valence-electron chi connectivity index (χ3n) is 2.84. The van der Waals surface area contributed by atoms with Gasteiger partial charge in [0.1, 0.15) is 0 Å². The van der Waals surface area contributed by atoms with E-state index in [1.807, 2.05) is 6.92 Å². The number of amides is 2. The summed E-state index contributed by atoms with van der Waals surface area (Å²) < 4.78 is 0. The lowest BCUT2D eigenvalue weighted by molar-refractivity contribution is -0.137. The van der Waals surface area contributed by atoms with E-state index in [1.165, 1.54) is 24.3 Å². The van der Waals surface area contributed by atoms with Crippen molar-refractivity contribution >= 4 is 17.8 Å². The van der Waals surface area contributed by atoms with E-state index in [-0.39, 0.29) is 18.4 Å². The zero-order chi connectivity index (χ0) is 15.1. The maximum atomic E-state index is 11.9. The first kappa shape index (κ1) is 15.7. The number of aliphatic carboxylic acids is 1. The molecule has 1 unspecified atom stereocenters. The van der Waals surface area contributed by atoms with Crippen LogP contribution in [0.15, 0.2) is 24.3 Å². The van der Waals surface area contributed by atoms with Gasteiger partial charge in [-0.25, -0.2) is 0 Å². The molecular weight excluding hydrogens is 260 g/mol. The van der Waals surface area contributed by atoms with E-state index in [0.717, 1.165) is 0 Å². The van der Waals surface area contributed by atoms with E-state index < -0.39 is 11.9 Å². The second-order valence-electron chi connectivity index (χ2n) is 4.60. The standard InChI is InChI=1S/C14H18N2O4/c1-9(3-2-4-12(17)18)16-14(20)11-7-5-10(6-8-11)13(15)19/h5-9H,2-4H2,1H3,(H2,15,19)(H,16,20)(H,17,18). The highest BCUT2D eigenvalue weighted by atomic mass is 16.4. The first-order valence-electron chi connectivity index (χ1n) is 6.32. The minimum absolute atomic E-state index is 0.0908. The van der Waals surface area contributed by atoms with Crippen LogP contribution in [0.3, 0.4) is 0 Å². The molecule has 1 rings (SSSR count). The van der Waals surface area contributed by atoms with E-state index in [4.69, 9.17) is 10.8 Å². The number of carboxylic acids is 1. The third-order valence-corrected chi connectivity index (χ3v) is 2.84. The summed E-state index contributed by atoms with van der Waals surface area (Å²) in [4.78, 5) is 33.2. The fourth-order valence-corrected chi connectivity index (χ4v) is 1.72. The molecular formula is C14H18N2O4. The Labute approximate surface area is 117 Å². The van der Waals surface area contributed by atoms with Crippen LogP contribution in [0.5, 0.6) is 0 Å². The Morgan fingerprint density at radius 1 is 1.20 bits per heavy atom. The van der Waals surface area contributed by atoms with Crippen molar-refractivity contribution in [2.24, 2.45) is 5.73 Å². The molecule has 0 heterocycles. The second-order valence-corrected chi connectivity index (χ2v) is 4.60. The van der Waals surface area contributed by atoms with E-state index in [2.05, 4.69) is 5.32 Å². The van der Waals surface area contributed by atoms with Crippen molar-refractivity contribution in [3.8, 4) is 0 Å². The summed E-state index contributed by atoms with van der Waals surface area (Å²) >= 11 is 0. The fraction of sp³-hybridized carbons (Fsp3) is 0.357. The van der Waals surface area contributed by atoms with E-state index >= 15 is 0 Å². The van der Waals surface area contributed by atoms with Gasteiger partial charge < -0.3 is 16.2 Å². The number of hydrogen-bond acceptors (Lipinski definition) is 3. The normalized spacial score (nSPS) is 11.7. The van der Waals surface area contributed by atoms with Crippen LogP contribution in [0.1, 0.15) is 46.9 Å². The Morgan fingerprint density at radius 2 is 1.75 bits per heavy atom. The SMILES string of the molecule is CC(CCCC(=O)O)NC(=O)c1ccc(C(N)=O)cc1. The summed E-state index contributed by atoms with van der Waals surface area (Å²) in [5.74, 6) is -1.64. The minimum Gasteiger partial charge on any atom is -0.481 e. The molecule has 0 spiro atoms. The predicted octanol–water partition coefficient (Wildman–Crippen LogP) is 1.16. The summed E-state index contributed by atoms with van der Waals surface area (Å²) in [6.45, 7) is 1.82. The Kier molecular flexibility index (Phi) is 5.71. The topological polar surface area (TPSA) is 109 Å². The number of rotatable bonds is 7. The molecule has 0 saturated heterocycles. The van der Waals surface area contributed by atoms with Crippen LogP contribution >= 0.6 is 0 Å². The summed E-state index contributed by atoms with van der Waals surface area (Å²) in [7, 11) is 0. The van der Waals surface area contributed by atoms with Crippen LogP contribution in [0, 0.1) is 0 Å². The van der Waals surface area contributed by atoms with Crippen molar-refractivity contribution in [3.63, 3.8) is 0 Å². The minimum atomic E-state index is -0.842. The van der Waals surface area contributed by atoms with Gasteiger partial charge in [-0.1, -0.05) is 0 Å². The maximum Gasteiger partial charge on any atom is 0.303 e. The number of carbonyl (C=O) groups is 3. The summed E-state index contributed by atoms with van der Waals surface area (Å²) in [6, 6.07) is 5.93. The highest BCUT2D eigenvalue weighted by molar-refractivity contribution is 5.97. The zero-order valence-electron chi connectivity index (χ0n) is 11.3. The average molecular weight is 278 g/mol. The molecule has 0 saturated carbocycles. The first-order valence-corrected chi connectivity index (χ1v) is 6.32. The van der Waals surface area contributed by atoms with Gasteiger partial charge in [-0.15, -0.1) is 0 Å². The van der Waals surface area contributed by atoms with Gasteiger partial charge in [0.25, 0.3) is 5.91 Å². The average Bonchev–Trinajstić information content (AvgIpc) is 2.38. The number of nitrogens with two attached hydrogens (primary N) is 1. The largest absolute Gasteiger partial charge is 0.481 e. The molecule has 0 radical (unpaired) electrons. The van der Waals surface area contributed by atoms with Crippen LogP contribution in [0.25, 0.3) is 0 Å². The van der Waals surface area contributed by atoms with Crippen LogP contribution in [-0.2, 0) is 4.79 Å². The lowest BCUT2D eigenvalue weighted by Crippen LogP contribution is -2.32. The van der Waals surface area contributed by atoms with E-state index in [0.29, 0.717) is 24.0 Å². The highest BCUT2D eigenvalue weighted by Crippen LogP contribution is 2.06. The van der Waals surface area contributed by atoms with Crippen LogP contribution in [-0.4, -0.2) is 28.9 Å². The van der Waals surface area contributed by atoms with Crippen LogP contribution < -0.4 is 11.1 Å². The molecule has 108 valence electrons. The number of carboxylic acid groups (broad SMARTS) is 1. The van der Waals surface area contributed by atoms with Gasteiger partial charge in [0, 0.05) is 23.6 Å². The molecule has 6 nitrogen and oxygen atoms in total.